The number of anilines is 1. The third kappa shape index (κ3) is 3.47. The molecule has 1 saturated heterocycles. The topological polar surface area (TPSA) is 66.5 Å². The van der Waals surface area contributed by atoms with Crippen LogP contribution in [0, 0.1) is 25.5 Å². The molecule has 0 saturated carbocycles. The lowest BCUT2D eigenvalue weighted by molar-refractivity contribution is -0.118. The monoisotopic (exact) mass is 380 g/mol. The van der Waals surface area contributed by atoms with Crippen LogP contribution < -0.4 is 9.62 Å². The zero-order valence-corrected chi connectivity index (χ0v) is 15.1. The van der Waals surface area contributed by atoms with E-state index in [1.54, 1.807) is 0 Å². The molecule has 138 valence electrons. The van der Waals surface area contributed by atoms with E-state index >= 15 is 0 Å². The van der Waals surface area contributed by atoms with Crippen LogP contribution in [0.25, 0.3) is 0 Å². The molecule has 1 aliphatic heterocycles. The summed E-state index contributed by atoms with van der Waals surface area (Å²) in [7, 11) is -4.14. The molecule has 5 nitrogen and oxygen atoms in total. The summed E-state index contributed by atoms with van der Waals surface area (Å²) in [6, 6.07) is 6.93. The summed E-state index contributed by atoms with van der Waals surface area (Å²) in [4.78, 5) is 13.7. The van der Waals surface area contributed by atoms with E-state index < -0.39 is 32.6 Å². The molecule has 0 spiro atoms. The lowest BCUT2D eigenvalue weighted by atomic mass is 10.1. The Morgan fingerprint density at radius 1 is 1.04 bits per heavy atom. The van der Waals surface area contributed by atoms with Crippen LogP contribution in [-0.2, 0) is 14.8 Å². The number of rotatable bonds is 4. The molecule has 1 amide bonds. The van der Waals surface area contributed by atoms with Crippen molar-refractivity contribution in [3.63, 3.8) is 0 Å². The molecule has 0 radical (unpaired) electrons. The Kier molecular flexibility index (Phi) is 4.81. The van der Waals surface area contributed by atoms with Crippen molar-refractivity contribution in [3.05, 3.63) is 59.2 Å². The van der Waals surface area contributed by atoms with E-state index in [0.29, 0.717) is 18.3 Å². The molecule has 1 atom stereocenters. The average Bonchev–Trinajstić information content (AvgIpc) is 2.93. The Labute approximate surface area is 150 Å². The number of hydrogen-bond acceptors (Lipinski definition) is 3. The second-order valence-corrected chi connectivity index (χ2v) is 8.01. The molecule has 0 aliphatic carbocycles. The van der Waals surface area contributed by atoms with Crippen LogP contribution in [0.1, 0.15) is 17.5 Å². The minimum Gasteiger partial charge on any atom is -0.311 e. The molecular formula is C18H18F2N2O3S. The van der Waals surface area contributed by atoms with Gasteiger partial charge in [0.05, 0.1) is 4.90 Å². The van der Waals surface area contributed by atoms with E-state index in [4.69, 9.17) is 0 Å². The van der Waals surface area contributed by atoms with Crippen LogP contribution in [0.5, 0.6) is 0 Å². The number of amides is 1. The van der Waals surface area contributed by atoms with Gasteiger partial charge in [-0.1, -0.05) is 6.07 Å². The molecule has 1 fully saturated rings. The molecule has 26 heavy (non-hydrogen) atoms. The molecular weight excluding hydrogens is 362 g/mol. The smallest absolute Gasteiger partial charge is 0.245 e. The molecule has 0 unspecified atom stereocenters. The van der Waals surface area contributed by atoms with Gasteiger partial charge < -0.3 is 4.90 Å². The highest BCUT2D eigenvalue weighted by atomic mass is 32.2. The van der Waals surface area contributed by atoms with Crippen LogP contribution in [0.4, 0.5) is 14.5 Å². The van der Waals surface area contributed by atoms with Crippen molar-refractivity contribution in [1.29, 1.82) is 0 Å². The van der Waals surface area contributed by atoms with Crippen molar-refractivity contribution in [2.24, 2.45) is 0 Å². The third-order valence-electron chi connectivity index (χ3n) is 4.51. The number of nitrogens with one attached hydrogen (secondary N) is 1. The lowest BCUT2D eigenvalue weighted by Gasteiger charge is -2.18. The van der Waals surface area contributed by atoms with Gasteiger partial charge in [0, 0.05) is 12.2 Å². The van der Waals surface area contributed by atoms with Crippen LogP contribution in [0.2, 0.25) is 0 Å². The molecule has 1 aliphatic rings. The highest BCUT2D eigenvalue weighted by molar-refractivity contribution is 7.89. The van der Waals surface area contributed by atoms with E-state index in [2.05, 4.69) is 4.72 Å². The van der Waals surface area contributed by atoms with Gasteiger partial charge in [-0.05, 0) is 61.7 Å². The molecule has 0 aromatic heterocycles. The first-order valence-corrected chi connectivity index (χ1v) is 9.53. The van der Waals surface area contributed by atoms with Gasteiger partial charge >= 0.3 is 0 Å². The largest absolute Gasteiger partial charge is 0.311 e. The van der Waals surface area contributed by atoms with Gasteiger partial charge in [0.1, 0.15) is 6.04 Å². The summed E-state index contributed by atoms with van der Waals surface area (Å²) < 4.78 is 53.3. The maximum Gasteiger partial charge on any atom is 0.245 e. The molecule has 0 bridgehead atoms. The van der Waals surface area contributed by atoms with E-state index in [0.717, 1.165) is 23.3 Å². The fourth-order valence-electron chi connectivity index (χ4n) is 2.84. The quantitative estimate of drug-likeness (QED) is 0.887. The summed E-state index contributed by atoms with van der Waals surface area (Å²) in [5.74, 6) is -2.77. The van der Waals surface area contributed by atoms with E-state index in [1.165, 1.54) is 4.90 Å². The molecule has 8 heteroatoms. The second kappa shape index (κ2) is 6.77. The number of carbonyl (C=O) groups excluding carboxylic acids is 1. The van der Waals surface area contributed by atoms with Gasteiger partial charge in [-0.15, -0.1) is 0 Å². The van der Waals surface area contributed by atoms with Gasteiger partial charge in [-0.25, -0.2) is 17.2 Å². The Morgan fingerprint density at radius 3 is 2.42 bits per heavy atom. The zero-order chi connectivity index (χ0) is 19.1. The third-order valence-corrected chi connectivity index (χ3v) is 5.98. The summed E-state index contributed by atoms with van der Waals surface area (Å²) in [6.45, 7) is 4.26. The van der Waals surface area contributed by atoms with E-state index in [1.807, 2.05) is 32.0 Å². The number of benzene rings is 2. The fourth-order valence-corrected chi connectivity index (χ4v) is 4.07. The van der Waals surface area contributed by atoms with Gasteiger partial charge in [0.25, 0.3) is 0 Å². The average molecular weight is 380 g/mol. The first-order valence-electron chi connectivity index (χ1n) is 8.05. The van der Waals surface area contributed by atoms with Gasteiger partial charge in [-0.2, -0.15) is 4.72 Å². The first-order chi connectivity index (χ1) is 12.2. The Bertz CT molecular complexity index is 976. The van der Waals surface area contributed by atoms with Crippen molar-refractivity contribution in [1.82, 2.24) is 4.72 Å². The number of nitrogens with zero attached hydrogens (tertiary/aromatic N) is 1. The van der Waals surface area contributed by atoms with Gasteiger partial charge in [0.2, 0.25) is 15.9 Å². The molecule has 2 aromatic carbocycles. The highest BCUT2D eigenvalue weighted by Crippen LogP contribution is 2.25. The van der Waals surface area contributed by atoms with Crippen molar-refractivity contribution in [2.75, 3.05) is 11.4 Å². The number of carbonyl (C=O) groups is 1. The molecule has 3 rings (SSSR count). The number of sulfonamides is 1. The van der Waals surface area contributed by atoms with Crippen molar-refractivity contribution in [3.8, 4) is 0 Å². The van der Waals surface area contributed by atoms with Crippen molar-refractivity contribution >= 4 is 21.6 Å². The Morgan fingerprint density at radius 2 is 1.77 bits per heavy atom. The van der Waals surface area contributed by atoms with Crippen molar-refractivity contribution < 1.29 is 22.0 Å². The second-order valence-electron chi connectivity index (χ2n) is 6.30. The van der Waals surface area contributed by atoms with E-state index in [9.17, 15) is 22.0 Å². The predicted octanol–water partition coefficient (Wildman–Crippen LogP) is 2.67. The number of halogens is 2. The molecule has 1 heterocycles. The SMILES string of the molecule is Cc1ccc(N2CC[C@@H](NS(=O)(=O)c3ccc(F)c(F)c3)C2=O)cc1C. The maximum atomic E-state index is 13.3. The van der Waals surface area contributed by atoms with E-state index in [-0.39, 0.29) is 12.3 Å². The highest BCUT2D eigenvalue weighted by Gasteiger charge is 2.36. The summed E-state index contributed by atoms with van der Waals surface area (Å²) in [6.07, 6.45) is 0.286. The zero-order valence-electron chi connectivity index (χ0n) is 14.3. The Hall–Kier alpha value is -2.32. The van der Waals surface area contributed by atoms with Gasteiger partial charge in [-0.3, -0.25) is 4.79 Å². The minimum atomic E-state index is -4.14. The van der Waals surface area contributed by atoms with Crippen LogP contribution in [0.15, 0.2) is 41.3 Å². The van der Waals surface area contributed by atoms with Crippen LogP contribution in [0.3, 0.4) is 0 Å². The fraction of sp³-hybridized carbons (Fsp3) is 0.278. The summed E-state index contributed by atoms with van der Waals surface area (Å²) >= 11 is 0. The van der Waals surface area contributed by atoms with Crippen LogP contribution in [-0.4, -0.2) is 26.9 Å². The number of aryl methyl sites for hydroxylation is 2. The normalized spacial score (nSPS) is 17.8. The Balaban J connectivity index is 1.79. The minimum absolute atomic E-state index is 0.286. The molecule has 2 aromatic rings. The summed E-state index contributed by atoms with van der Waals surface area (Å²) in [5, 5.41) is 0. The maximum absolute atomic E-state index is 13.3. The summed E-state index contributed by atoms with van der Waals surface area (Å²) in [5.41, 5.74) is 2.82. The number of hydrogen-bond donors (Lipinski definition) is 1. The van der Waals surface area contributed by atoms with Gasteiger partial charge in [0.15, 0.2) is 11.6 Å². The molecule has 1 N–H and O–H groups in total. The standard InChI is InChI=1S/C18H18F2N2O3S/c1-11-3-4-13(9-12(11)2)22-8-7-17(18(22)23)21-26(24,25)14-5-6-15(19)16(20)10-14/h3-6,9-10,17,21H,7-8H2,1-2H3/t17-/m1/s1. The van der Waals surface area contributed by atoms with Crippen molar-refractivity contribution in [2.45, 2.75) is 31.2 Å². The predicted molar refractivity (Wildman–Crippen MR) is 93.4 cm³/mol. The lowest BCUT2D eigenvalue weighted by Crippen LogP contribution is -2.41. The van der Waals surface area contributed by atoms with Crippen LogP contribution >= 0.6 is 0 Å². The first kappa shape index (κ1) is 18.5.